The van der Waals surface area contributed by atoms with E-state index < -0.39 is 0 Å². The molecule has 1 amide bonds. The van der Waals surface area contributed by atoms with Crippen LogP contribution in [-0.4, -0.2) is 5.91 Å². The summed E-state index contributed by atoms with van der Waals surface area (Å²) in [6, 6.07) is 15.1. The number of allylic oxidation sites excluding steroid dienone is 1. The smallest absolute Gasteiger partial charge is 0.269 e. The van der Waals surface area contributed by atoms with E-state index in [-0.39, 0.29) is 5.91 Å². The molecule has 2 aromatic rings. The Bertz CT molecular complexity index is 664. The lowest BCUT2D eigenvalue weighted by Gasteiger charge is -2.13. The van der Waals surface area contributed by atoms with E-state index in [2.05, 4.69) is 49.6 Å². The number of nitrogens with one attached hydrogen (secondary N) is 2. The van der Waals surface area contributed by atoms with Gasteiger partial charge in [0.05, 0.1) is 5.70 Å². The maximum atomic E-state index is 12.1. The Hall–Kier alpha value is -1.59. The summed E-state index contributed by atoms with van der Waals surface area (Å²) in [5.74, 6) is -0.174. The van der Waals surface area contributed by atoms with Crippen molar-refractivity contribution in [2.24, 2.45) is 0 Å². The largest absolute Gasteiger partial charge is 0.298 e. The van der Waals surface area contributed by atoms with Gasteiger partial charge in [0.15, 0.2) is 0 Å². The molecule has 2 aromatic carbocycles. The molecule has 114 valence electrons. The average Bonchev–Trinajstić information content (AvgIpc) is 2.53. The third kappa shape index (κ3) is 4.71. The fourth-order valence-corrected chi connectivity index (χ4v) is 2.40. The van der Waals surface area contributed by atoms with E-state index in [0.29, 0.717) is 5.56 Å². The molecule has 2 rings (SSSR count). The molecule has 0 spiro atoms. The first kappa shape index (κ1) is 16.8. The molecular formula is C17H16Br2N2O. The molecule has 0 aromatic heterocycles. The van der Waals surface area contributed by atoms with Crippen molar-refractivity contribution in [1.29, 1.82) is 0 Å². The van der Waals surface area contributed by atoms with Crippen LogP contribution in [0.15, 0.2) is 63.6 Å². The molecule has 2 N–H and O–H groups in total. The Morgan fingerprint density at radius 1 is 0.909 bits per heavy atom. The van der Waals surface area contributed by atoms with Crippen LogP contribution in [0.25, 0.3) is 5.70 Å². The minimum absolute atomic E-state index is 0.174. The molecule has 0 radical (unpaired) electrons. The number of halogens is 2. The van der Waals surface area contributed by atoms with Gasteiger partial charge in [-0.1, -0.05) is 57.0 Å². The maximum Gasteiger partial charge on any atom is 0.269 e. The van der Waals surface area contributed by atoms with Crippen molar-refractivity contribution < 1.29 is 4.79 Å². The number of hydrazine groups is 1. The third-order valence-electron chi connectivity index (χ3n) is 2.98. The van der Waals surface area contributed by atoms with Gasteiger partial charge in [-0.2, -0.15) is 0 Å². The zero-order chi connectivity index (χ0) is 15.9. The molecule has 22 heavy (non-hydrogen) atoms. The van der Waals surface area contributed by atoms with Crippen LogP contribution in [-0.2, 0) is 0 Å². The highest BCUT2D eigenvalue weighted by Gasteiger charge is 2.06. The Morgan fingerprint density at radius 2 is 1.41 bits per heavy atom. The van der Waals surface area contributed by atoms with Crippen molar-refractivity contribution in [2.45, 2.75) is 13.3 Å². The van der Waals surface area contributed by atoms with Gasteiger partial charge in [-0.3, -0.25) is 15.6 Å². The molecule has 0 heterocycles. The first-order valence-electron chi connectivity index (χ1n) is 6.88. The van der Waals surface area contributed by atoms with E-state index in [1.807, 2.05) is 42.5 Å². The Morgan fingerprint density at radius 3 is 1.91 bits per heavy atom. The molecule has 0 fully saturated rings. The zero-order valence-electron chi connectivity index (χ0n) is 12.1. The standard InChI is InChI=1S/C17H16Br2N2O/c1-2-3-16(12-4-8-14(18)9-5-12)20-21-17(22)13-6-10-15(19)11-7-13/h3-11,20H,2H2,1H3,(H,21,22). The van der Waals surface area contributed by atoms with Crippen LogP contribution in [0.4, 0.5) is 0 Å². The summed E-state index contributed by atoms with van der Waals surface area (Å²) in [6.45, 7) is 2.05. The predicted molar refractivity (Wildman–Crippen MR) is 97.2 cm³/mol. The molecule has 0 unspecified atom stereocenters. The van der Waals surface area contributed by atoms with Gasteiger partial charge in [-0.15, -0.1) is 0 Å². The second-order valence-electron chi connectivity index (χ2n) is 4.62. The highest BCUT2D eigenvalue weighted by atomic mass is 79.9. The van der Waals surface area contributed by atoms with Gasteiger partial charge in [0.2, 0.25) is 0 Å². The van der Waals surface area contributed by atoms with E-state index in [1.165, 1.54) is 0 Å². The number of hydrogen-bond donors (Lipinski definition) is 2. The number of rotatable bonds is 5. The normalized spacial score (nSPS) is 11.1. The van der Waals surface area contributed by atoms with Gasteiger partial charge in [-0.05, 0) is 48.4 Å². The van der Waals surface area contributed by atoms with E-state index >= 15 is 0 Å². The van der Waals surface area contributed by atoms with Gasteiger partial charge in [0.25, 0.3) is 5.91 Å². The first-order valence-corrected chi connectivity index (χ1v) is 8.46. The summed E-state index contributed by atoms with van der Waals surface area (Å²) in [7, 11) is 0. The van der Waals surface area contributed by atoms with Crippen LogP contribution in [0.3, 0.4) is 0 Å². The van der Waals surface area contributed by atoms with Crippen molar-refractivity contribution in [2.75, 3.05) is 0 Å². The minimum atomic E-state index is -0.174. The van der Waals surface area contributed by atoms with E-state index in [4.69, 9.17) is 0 Å². The summed E-state index contributed by atoms with van der Waals surface area (Å²) < 4.78 is 1.96. The Labute approximate surface area is 147 Å². The highest BCUT2D eigenvalue weighted by molar-refractivity contribution is 9.10. The van der Waals surface area contributed by atoms with E-state index in [9.17, 15) is 4.79 Å². The molecule has 5 heteroatoms. The molecule has 0 aliphatic heterocycles. The van der Waals surface area contributed by atoms with Gasteiger partial charge in [0, 0.05) is 14.5 Å². The Kier molecular flexibility index (Phi) is 6.21. The van der Waals surface area contributed by atoms with Gasteiger partial charge in [0.1, 0.15) is 0 Å². The summed E-state index contributed by atoms with van der Waals surface area (Å²) in [4.78, 5) is 12.1. The molecule has 0 bridgehead atoms. The van der Waals surface area contributed by atoms with Crippen molar-refractivity contribution in [1.82, 2.24) is 10.9 Å². The van der Waals surface area contributed by atoms with Gasteiger partial charge >= 0.3 is 0 Å². The second-order valence-corrected chi connectivity index (χ2v) is 6.45. The number of hydrogen-bond acceptors (Lipinski definition) is 2. The van der Waals surface area contributed by atoms with Crippen LogP contribution in [0, 0.1) is 0 Å². The van der Waals surface area contributed by atoms with Crippen LogP contribution >= 0.6 is 31.9 Å². The van der Waals surface area contributed by atoms with Gasteiger partial charge < -0.3 is 0 Å². The average molecular weight is 424 g/mol. The van der Waals surface area contributed by atoms with Crippen LogP contribution in [0.2, 0.25) is 0 Å². The van der Waals surface area contributed by atoms with Gasteiger partial charge in [-0.25, -0.2) is 0 Å². The van der Waals surface area contributed by atoms with Crippen molar-refractivity contribution in [3.8, 4) is 0 Å². The summed E-state index contributed by atoms with van der Waals surface area (Å²) in [5, 5.41) is 0. The molecule has 0 aliphatic carbocycles. The first-order chi connectivity index (χ1) is 10.6. The lowest BCUT2D eigenvalue weighted by molar-refractivity contribution is 0.0942. The van der Waals surface area contributed by atoms with Crippen LogP contribution in [0.1, 0.15) is 29.3 Å². The SMILES string of the molecule is CCC=C(NNC(=O)c1ccc(Br)cc1)c1ccc(Br)cc1. The molecule has 0 atom stereocenters. The molecular weight excluding hydrogens is 408 g/mol. The van der Waals surface area contributed by atoms with Crippen molar-refractivity contribution >= 4 is 43.5 Å². The Balaban J connectivity index is 2.06. The number of benzene rings is 2. The highest BCUT2D eigenvalue weighted by Crippen LogP contribution is 2.16. The summed E-state index contributed by atoms with van der Waals surface area (Å²) >= 11 is 6.77. The monoisotopic (exact) mass is 422 g/mol. The predicted octanol–water partition coefficient (Wildman–Crippen LogP) is 4.90. The number of carbonyl (C=O) groups is 1. The van der Waals surface area contributed by atoms with Crippen molar-refractivity contribution in [3.63, 3.8) is 0 Å². The zero-order valence-corrected chi connectivity index (χ0v) is 15.2. The number of carbonyl (C=O) groups excluding carboxylic acids is 1. The van der Waals surface area contributed by atoms with E-state index in [1.54, 1.807) is 12.1 Å². The summed E-state index contributed by atoms with van der Waals surface area (Å²) in [5.41, 5.74) is 8.23. The maximum absolute atomic E-state index is 12.1. The molecule has 0 saturated heterocycles. The van der Waals surface area contributed by atoms with Crippen LogP contribution < -0.4 is 10.9 Å². The second kappa shape index (κ2) is 8.15. The molecule has 3 nitrogen and oxygen atoms in total. The fraction of sp³-hybridized carbons (Fsp3) is 0.118. The van der Waals surface area contributed by atoms with Crippen LogP contribution in [0.5, 0.6) is 0 Å². The third-order valence-corrected chi connectivity index (χ3v) is 4.04. The molecule has 0 saturated carbocycles. The topological polar surface area (TPSA) is 41.1 Å². The number of amides is 1. The minimum Gasteiger partial charge on any atom is -0.298 e. The lowest BCUT2D eigenvalue weighted by atomic mass is 10.1. The molecule has 0 aliphatic rings. The lowest BCUT2D eigenvalue weighted by Crippen LogP contribution is -2.36. The van der Waals surface area contributed by atoms with E-state index in [0.717, 1.165) is 26.6 Å². The van der Waals surface area contributed by atoms with Crippen molar-refractivity contribution in [3.05, 3.63) is 74.7 Å². The quantitative estimate of drug-likeness (QED) is 0.671. The fourth-order valence-electron chi connectivity index (χ4n) is 1.87. The summed E-state index contributed by atoms with van der Waals surface area (Å²) in [6.07, 6.45) is 2.90.